The summed E-state index contributed by atoms with van der Waals surface area (Å²) >= 11 is 1.65. The van der Waals surface area contributed by atoms with Crippen molar-refractivity contribution in [2.75, 3.05) is 11.1 Å². The molecule has 2 fully saturated rings. The van der Waals surface area contributed by atoms with Crippen LogP contribution in [-0.2, 0) is 9.59 Å². The summed E-state index contributed by atoms with van der Waals surface area (Å²) in [6.45, 7) is 2.01. The lowest BCUT2D eigenvalue weighted by Gasteiger charge is -2.29. The summed E-state index contributed by atoms with van der Waals surface area (Å²) in [6.07, 6.45) is 2.76. The van der Waals surface area contributed by atoms with Gasteiger partial charge in [0, 0.05) is 18.2 Å². The van der Waals surface area contributed by atoms with E-state index < -0.39 is 6.04 Å². The van der Waals surface area contributed by atoms with Crippen molar-refractivity contribution in [1.29, 1.82) is 0 Å². The highest BCUT2D eigenvalue weighted by Crippen LogP contribution is 2.47. The Hall–Kier alpha value is -2.61. The Balaban J connectivity index is 1.40. The molecule has 3 heterocycles. The van der Waals surface area contributed by atoms with E-state index in [9.17, 15) is 14.0 Å². The van der Waals surface area contributed by atoms with E-state index in [0.717, 1.165) is 6.42 Å². The number of hydrogen-bond acceptors (Lipinski definition) is 5. The van der Waals surface area contributed by atoms with Crippen molar-refractivity contribution in [1.82, 2.24) is 9.88 Å². The number of carbonyl (C=O) groups is 2. The quantitative estimate of drug-likeness (QED) is 0.871. The monoisotopic (exact) mass is 387 g/mol. The molecule has 0 saturated carbocycles. The molecule has 0 unspecified atom stereocenters. The summed E-state index contributed by atoms with van der Waals surface area (Å²) in [6, 6.07) is 8.45. The number of rotatable bonds is 4. The number of thioether (sulfide) groups is 1. The predicted molar refractivity (Wildman–Crippen MR) is 100 cm³/mol. The SMILES string of the molecule is C[C@@]12CCC(=O)N1[C@@H](C(=O)Nc1ccc(Oc3ccc(F)cc3)nc1)CS2. The Bertz CT molecular complexity index is 875. The number of pyridine rings is 1. The molecule has 6 nitrogen and oxygen atoms in total. The van der Waals surface area contributed by atoms with Gasteiger partial charge in [0.15, 0.2) is 0 Å². The van der Waals surface area contributed by atoms with Crippen LogP contribution in [0.2, 0.25) is 0 Å². The molecule has 2 aliphatic rings. The highest BCUT2D eigenvalue weighted by molar-refractivity contribution is 8.01. The van der Waals surface area contributed by atoms with Crippen LogP contribution in [0.1, 0.15) is 19.8 Å². The smallest absolute Gasteiger partial charge is 0.248 e. The number of nitrogens with one attached hydrogen (secondary N) is 1. The number of hydrogen-bond donors (Lipinski definition) is 1. The lowest BCUT2D eigenvalue weighted by Crippen LogP contribution is -2.48. The molecule has 2 atom stereocenters. The van der Waals surface area contributed by atoms with Gasteiger partial charge in [0.1, 0.15) is 17.6 Å². The van der Waals surface area contributed by atoms with Crippen LogP contribution in [0.4, 0.5) is 10.1 Å². The van der Waals surface area contributed by atoms with Gasteiger partial charge < -0.3 is 15.0 Å². The van der Waals surface area contributed by atoms with Crippen LogP contribution in [-0.4, -0.2) is 38.4 Å². The van der Waals surface area contributed by atoms with Gasteiger partial charge in [-0.1, -0.05) is 0 Å². The fourth-order valence-corrected chi connectivity index (χ4v) is 4.81. The molecule has 140 valence electrons. The van der Waals surface area contributed by atoms with Crippen LogP contribution in [0, 0.1) is 5.82 Å². The zero-order valence-corrected chi connectivity index (χ0v) is 15.5. The summed E-state index contributed by atoms with van der Waals surface area (Å²) in [5.41, 5.74) is 0.525. The minimum absolute atomic E-state index is 0.0313. The predicted octanol–water partition coefficient (Wildman–Crippen LogP) is 3.41. The molecule has 8 heteroatoms. The molecule has 27 heavy (non-hydrogen) atoms. The summed E-state index contributed by atoms with van der Waals surface area (Å²) < 4.78 is 18.5. The summed E-state index contributed by atoms with van der Waals surface area (Å²) in [4.78, 5) is 30.4. The van der Waals surface area contributed by atoms with Gasteiger partial charge in [-0.05, 0) is 43.7 Å². The topological polar surface area (TPSA) is 71.5 Å². The summed E-state index contributed by atoms with van der Waals surface area (Å²) in [5, 5.41) is 2.82. The third-order valence-corrected chi connectivity index (χ3v) is 6.29. The number of ether oxygens (including phenoxy) is 1. The molecule has 1 aromatic heterocycles. The van der Waals surface area contributed by atoms with Crippen molar-refractivity contribution in [3.8, 4) is 11.6 Å². The van der Waals surface area contributed by atoms with Crippen molar-refractivity contribution >= 4 is 29.3 Å². The molecule has 2 saturated heterocycles. The van der Waals surface area contributed by atoms with E-state index in [4.69, 9.17) is 4.74 Å². The molecule has 0 radical (unpaired) electrons. The van der Waals surface area contributed by atoms with Crippen LogP contribution in [0.5, 0.6) is 11.6 Å². The van der Waals surface area contributed by atoms with E-state index in [2.05, 4.69) is 10.3 Å². The van der Waals surface area contributed by atoms with E-state index in [1.807, 2.05) is 6.92 Å². The van der Waals surface area contributed by atoms with Gasteiger partial charge in [-0.2, -0.15) is 0 Å². The maximum atomic E-state index is 12.9. The second-order valence-corrected chi connectivity index (χ2v) is 8.20. The van der Waals surface area contributed by atoms with E-state index in [0.29, 0.717) is 29.5 Å². The van der Waals surface area contributed by atoms with E-state index in [-0.39, 0.29) is 22.5 Å². The molecular weight excluding hydrogens is 369 g/mol. The number of benzene rings is 1. The summed E-state index contributed by atoms with van der Waals surface area (Å²) in [7, 11) is 0. The van der Waals surface area contributed by atoms with Gasteiger partial charge in [0.05, 0.1) is 16.8 Å². The van der Waals surface area contributed by atoms with Crippen molar-refractivity contribution in [2.45, 2.75) is 30.7 Å². The molecule has 2 amide bonds. The Morgan fingerprint density at radius 1 is 1.33 bits per heavy atom. The first-order valence-electron chi connectivity index (χ1n) is 8.61. The second-order valence-electron chi connectivity index (χ2n) is 6.70. The van der Waals surface area contributed by atoms with Crippen LogP contribution in [0.25, 0.3) is 0 Å². The van der Waals surface area contributed by atoms with Crippen molar-refractivity contribution in [2.24, 2.45) is 0 Å². The Morgan fingerprint density at radius 3 is 2.81 bits per heavy atom. The van der Waals surface area contributed by atoms with Gasteiger partial charge in [-0.25, -0.2) is 9.37 Å². The number of aromatic nitrogens is 1. The molecule has 2 aliphatic heterocycles. The Labute approximate surface area is 160 Å². The number of carbonyl (C=O) groups excluding carboxylic acids is 2. The molecule has 0 spiro atoms. The van der Waals surface area contributed by atoms with Crippen LogP contribution >= 0.6 is 11.8 Å². The minimum Gasteiger partial charge on any atom is -0.439 e. The average molecular weight is 387 g/mol. The highest BCUT2D eigenvalue weighted by atomic mass is 32.2. The van der Waals surface area contributed by atoms with E-state index in [1.54, 1.807) is 28.8 Å². The minimum atomic E-state index is -0.467. The zero-order chi connectivity index (χ0) is 19.0. The first kappa shape index (κ1) is 17.8. The van der Waals surface area contributed by atoms with Crippen LogP contribution < -0.4 is 10.1 Å². The zero-order valence-electron chi connectivity index (χ0n) is 14.6. The maximum Gasteiger partial charge on any atom is 0.248 e. The lowest BCUT2D eigenvalue weighted by molar-refractivity contribution is -0.135. The van der Waals surface area contributed by atoms with Gasteiger partial charge in [0.25, 0.3) is 0 Å². The second kappa shape index (κ2) is 6.84. The van der Waals surface area contributed by atoms with Crippen LogP contribution in [0.15, 0.2) is 42.6 Å². The van der Waals surface area contributed by atoms with Gasteiger partial charge in [0.2, 0.25) is 17.7 Å². The molecule has 4 rings (SSSR count). The summed E-state index contributed by atoms with van der Waals surface area (Å²) in [5.74, 6) is 0.868. The molecule has 0 bridgehead atoms. The first-order chi connectivity index (χ1) is 12.9. The largest absolute Gasteiger partial charge is 0.439 e. The van der Waals surface area contributed by atoms with Gasteiger partial charge >= 0.3 is 0 Å². The van der Waals surface area contributed by atoms with Crippen molar-refractivity contribution in [3.05, 3.63) is 48.4 Å². The van der Waals surface area contributed by atoms with Gasteiger partial charge in [-0.15, -0.1) is 11.8 Å². The normalized spacial score (nSPS) is 24.0. The van der Waals surface area contributed by atoms with E-state index in [1.165, 1.54) is 30.5 Å². The lowest BCUT2D eigenvalue weighted by atomic mass is 10.2. The number of halogens is 1. The molecule has 1 aromatic carbocycles. The fourth-order valence-electron chi connectivity index (χ4n) is 3.38. The first-order valence-corrected chi connectivity index (χ1v) is 9.60. The number of amides is 2. The Kier molecular flexibility index (Phi) is 4.51. The van der Waals surface area contributed by atoms with E-state index >= 15 is 0 Å². The van der Waals surface area contributed by atoms with Crippen molar-refractivity contribution < 1.29 is 18.7 Å². The Morgan fingerprint density at radius 2 is 2.11 bits per heavy atom. The van der Waals surface area contributed by atoms with Gasteiger partial charge in [-0.3, -0.25) is 9.59 Å². The number of anilines is 1. The molecular formula is C19H18FN3O3S. The van der Waals surface area contributed by atoms with Crippen molar-refractivity contribution in [3.63, 3.8) is 0 Å². The molecule has 1 N–H and O–H groups in total. The molecule has 2 aromatic rings. The number of nitrogens with zero attached hydrogens (tertiary/aromatic N) is 2. The average Bonchev–Trinajstić information content (AvgIpc) is 3.15. The standard InChI is InChI=1S/C19H18FN3O3S/c1-19-9-8-17(24)23(19)15(11-27-19)18(25)22-13-4-7-16(21-10-13)26-14-5-2-12(20)3-6-14/h2-7,10,15H,8-9,11H2,1H3,(H,22,25)/t15-,19-/m1/s1. The number of fused-ring (bicyclic) bond motifs is 1. The third-order valence-electron chi connectivity index (χ3n) is 4.79. The fraction of sp³-hybridized carbons (Fsp3) is 0.316. The highest BCUT2D eigenvalue weighted by Gasteiger charge is 2.52. The molecule has 0 aliphatic carbocycles. The van der Waals surface area contributed by atoms with Crippen LogP contribution in [0.3, 0.4) is 0 Å². The maximum absolute atomic E-state index is 12.9. The third kappa shape index (κ3) is 3.49.